The summed E-state index contributed by atoms with van der Waals surface area (Å²) in [7, 11) is 0. The number of hydrogen-bond donors (Lipinski definition) is 2. The SMILES string of the molecule is Cc1cnc(C2CN(Cc3cn[nH]c3-c3ccccc3)CCO2)[nH]1. The number of rotatable bonds is 4. The molecule has 1 aliphatic heterocycles. The van der Waals surface area contributed by atoms with Crippen LogP contribution in [0.1, 0.15) is 23.2 Å². The quantitative estimate of drug-likeness (QED) is 0.774. The van der Waals surface area contributed by atoms with Crippen molar-refractivity contribution in [1.82, 2.24) is 25.1 Å². The molecule has 1 unspecified atom stereocenters. The summed E-state index contributed by atoms with van der Waals surface area (Å²) in [6.45, 7) is 5.31. The van der Waals surface area contributed by atoms with E-state index in [1.165, 1.54) is 5.56 Å². The summed E-state index contributed by atoms with van der Waals surface area (Å²) in [4.78, 5) is 10.1. The normalized spacial score (nSPS) is 18.8. The number of aromatic nitrogens is 4. The zero-order chi connectivity index (χ0) is 16.4. The summed E-state index contributed by atoms with van der Waals surface area (Å²) in [6.07, 6.45) is 3.77. The van der Waals surface area contributed by atoms with Gasteiger partial charge >= 0.3 is 0 Å². The van der Waals surface area contributed by atoms with Gasteiger partial charge in [0.1, 0.15) is 11.9 Å². The van der Waals surface area contributed by atoms with Gasteiger partial charge in [0.05, 0.1) is 18.5 Å². The Hall–Kier alpha value is -2.44. The van der Waals surface area contributed by atoms with Crippen molar-refractivity contribution in [1.29, 1.82) is 0 Å². The average Bonchev–Trinajstić information content (AvgIpc) is 3.25. The molecule has 24 heavy (non-hydrogen) atoms. The lowest BCUT2D eigenvalue weighted by atomic mass is 10.1. The highest BCUT2D eigenvalue weighted by molar-refractivity contribution is 5.62. The number of morpholine rings is 1. The fraction of sp³-hybridized carbons (Fsp3) is 0.333. The van der Waals surface area contributed by atoms with Gasteiger partial charge in [0, 0.05) is 37.1 Å². The third-order valence-corrected chi connectivity index (χ3v) is 4.35. The lowest BCUT2D eigenvalue weighted by Gasteiger charge is -2.31. The molecule has 0 aliphatic carbocycles. The standard InChI is InChI=1S/C18H21N5O/c1-13-9-19-18(21-13)16-12-23(7-8-24-16)11-15-10-20-22-17(15)14-5-3-2-4-6-14/h2-6,9-10,16H,7-8,11-12H2,1H3,(H,19,21)(H,20,22). The van der Waals surface area contributed by atoms with Gasteiger partial charge in [0.2, 0.25) is 0 Å². The molecule has 6 heteroatoms. The van der Waals surface area contributed by atoms with Crippen LogP contribution in [0.3, 0.4) is 0 Å². The van der Waals surface area contributed by atoms with Gasteiger partial charge < -0.3 is 9.72 Å². The van der Waals surface area contributed by atoms with Gasteiger partial charge in [-0.2, -0.15) is 5.10 Å². The summed E-state index contributed by atoms with van der Waals surface area (Å²) < 4.78 is 5.88. The molecule has 0 amide bonds. The van der Waals surface area contributed by atoms with Crippen LogP contribution in [0.25, 0.3) is 11.3 Å². The van der Waals surface area contributed by atoms with E-state index in [0.29, 0.717) is 6.61 Å². The Morgan fingerprint density at radius 3 is 2.92 bits per heavy atom. The van der Waals surface area contributed by atoms with Gasteiger partial charge in [0.25, 0.3) is 0 Å². The van der Waals surface area contributed by atoms with Gasteiger partial charge in [0.15, 0.2) is 0 Å². The average molecular weight is 323 g/mol. The zero-order valence-corrected chi connectivity index (χ0v) is 13.7. The van der Waals surface area contributed by atoms with Crippen molar-refractivity contribution in [2.24, 2.45) is 0 Å². The van der Waals surface area contributed by atoms with Crippen molar-refractivity contribution in [2.45, 2.75) is 19.6 Å². The molecule has 0 spiro atoms. The van der Waals surface area contributed by atoms with Crippen molar-refractivity contribution in [3.63, 3.8) is 0 Å². The molecule has 124 valence electrons. The van der Waals surface area contributed by atoms with E-state index in [2.05, 4.69) is 37.2 Å². The third kappa shape index (κ3) is 3.11. The third-order valence-electron chi connectivity index (χ3n) is 4.35. The number of imidazole rings is 1. The maximum absolute atomic E-state index is 5.88. The number of nitrogens with one attached hydrogen (secondary N) is 2. The zero-order valence-electron chi connectivity index (χ0n) is 13.7. The fourth-order valence-electron chi connectivity index (χ4n) is 3.13. The molecular formula is C18H21N5O. The van der Waals surface area contributed by atoms with Crippen LogP contribution < -0.4 is 0 Å². The molecule has 1 saturated heterocycles. The number of ether oxygens (including phenoxy) is 1. The molecular weight excluding hydrogens is 302 g/mol. The second kappa shape index (κ2) is 6.59. The molecule has 1 fully saturated rings. The fourth-order valence-corrected chi connectivity index (χ4v) is 3.13. The summed E-state index contributed by atoms with van der Waals surface area (Å²) >= 11 is 0. The van der Waals surface area contributed by atoms with E-state index in [4.69, 9.17) is 4.74 Å². The minimum atomic E-state index is -0.000439. The second-order valence-electron chi connectivity index (χ2n) is 6.18. The number of H-pyrrole nitrogens is 2. The van der Waals surface area contributed by atoms with Crippen LogP contribution in [0.4, 0.5) is 0 Å². The number of benzene rings is 1. The van der Waals surface area contributed by atoms with Crippen molar-refractivity contribution < 1.29 is 4.74 Å². The first-order valence-electron chi connectivity index (χ1n) is 8.23. The molecule has 1 aliphatic rings. The maximum atomic E-state index is 5.88. The Morgan fingerprint density at radius 1 is 1.25 bits per heavy atom. The lowest BCUT2D eigenvalue weighted by molar-refractivity contribution is -0.0368. The molecule has 4 rings (SSSR count). The Labute approximate surface area is 140 Å². The number of aryl methyl sites for hydroxylation is 1. The van der Waals surface area contributed by atoms with Crippen LogP contribution in [-0.4, -0.2) is 44.8 Å². The number of aromatic amines is 2. The van der Waals surface area contributed by atoms with E-state index in [-0.39, 0.29) is 6.10 Å². The molecule has 0 saturated carbocycles. The first kappa shape index (κ1) is 15.1. The molecule has 0 bridgehead atoms. The number of hydrogen-bond acceptors (Lipinski definition) is 4. The minimum Gasteiger partial charge on any atom is -0.368 e. The molecule has 1 aromatic carbocycles. The van der Waals surface area contributed by atoms with Gasteiger partial charge in [-0.1, -0.05) is 30.3 Å². The molecule has 3 aromatic rings. The van der Waals surface area contributed by atoms with E-state index in [1.54, 1.807) is 0 Å². The van der Waals surface area contributed by atoms with Crippen LogP contribution in [0.2, 0.25) is 0 Å². The van der Waals surface area contributed by atoms with Crippen molar-refractivity contribution in [2.75, 3.05) is 19.7 Å². The van der Waals surface area contributed by atoms with Crippen LogP contribution in [0.15, 0.2) is 42.7 Å². The molecule has 2 aromatic heterocycles. The molecule has 3 heterocycles. The minimum absolute atomic E-state index is 0.000439. The summed E-state index contributed by atoms with van der Waals surface area (Å²) in [5, 5.41) is 7.37. The highest BCUT2D eigenvalue weighted by atomic mass is 16.5. The van der Waals surface area contributed by atoms with Crippen LogP contribution in [0.5, 0.6) is 0 Å². The highest BCUT2D eigenvalue weighted by Crippen LogP contribution is 2.25. The van der Waals surface area contributed by atoms with Gasteiger partial charge in [-0.15, -0.1) is 0 Å². The summed E-state index contributed by atoms with van der Waals surface area (Å²) in [6, 6.07) is 10.3. The molecule has 1 atom stereocenters. The number of nitrogens with zero attached hydrogens (tertiary/aromatic N) is 3. The second-order valence-corrected chi connectivity index (χ2v) is 6.18. The largest absolute Gasteiger partial charge is 0.368 e. The Balaban J connectivity index is 1.49. The van der Waals surface area contributed by atoms with Crippen molar-refractivity contribution >= 4 is 0 Å². The van der Waals surface area contributed by atoms with Gasteiger partial charge in [-0.3, -0.25) is 10.00 Å². The Kier molecular flexibility index (Phi) is 4.15. The molecule has 6 nitrogen and oxygen atoms in total. The summed E-state index contributed by atoms with van der Waals surface area (Å²) in [5.41, 5.74) is 4.52. The predicted octanol–water partition coefficient (Wildman–Crippen LogP) is 2.68. The van der Waals surface area contributed by atoms with Crippen LogP contribution in [-0.2, 0) is 11.3 Å². The molecule has 0 radical (unpaired) electrons. The topological polar surface area (TPSA) is 69.8 Å². The predicted molar refractivity (Wildman–Crippen MR) is 91.3 cm³/mol. The Bertz CT molecular complexity index is 795. The molecule has 2 N–H and O–H groups in total. The summed E-state index contributed by atoms with van der Waals surface area (Å²) in [5.74, 6) is 0.910. The maximum Gasteiger partial charge on any atom is 0.136 e. The van der Waals surface area contributed by atoms with E-state index in [1.807, 2.05) is 37.5 Å². The van der Waals surface area contributed by atoms with Gasteiger partial charge in [-0.05, 0) is 12.5 Å². The first-order valence-corrected chi connectivity index (χ1v) is 8.23. The first-order chi connectivity index (χ1) is 11.8. The highest BCUT2D eigenvalue weighted by Gasteiger charge is 2.25. The van der Waals surface area contributed by atoms with Crippen LogP contribution in [0, 0.1) is 6.92 Å². The van der Waals surface area contributed by atoms with E-state index < -0.39 is 0 Å². The van der Waals surface area contributed by atoms with Crippen LogP contribution >= 0.6 is 0 Å². The monoisotopic (exact) mass is 323 g/mol. The van der Waals surface area contributed by atoms with E-state index in [9.17, 15) is 0 Å². The van der Waals surface area contributed by atoms with Gasteiger partial charge in [-0.25, -0.2) is 4.98 Å². The smallest absolute Gasteiger partial charge is 0.136 e. The lowest BCUT2D eigenvalue weighted by Crippen LogP contribution is -2.38. The Morgan fingerprint density at radius 2 is 2.12 bits per heavy atom. The van der Waals surface area contributed by atoms with E-state index >= 15 is 0 Å². The van der Waals surface area contributed by atoms with Crippen molar-refractivity contribution in [3.8, 4) is 11.3 Å². The van der Waals surface area contributed by atoms with Crippen molar-refractivity contribution in [3.05, 3.63) is 59.8 Å². The van der Waals surface area contributed by atoms with E-state index in [0.717, 1.165) is 42.4 Å².